The number of methoxy groups -OCH3 is 1. The fraction of sp³-hybridized carbons (Fsp3) is 0.257. The van der Waals surface area contributed by atoms with Crippen LogP contribution in [0.1, 0.15) is 31.4 Å². The standard InChI is InChI=1S/C35H37BrClN3O5S/c1-4-25(2)38-35(42)33(21-26-10-6-5-7-11-26)39(23-27-12-8-13-28(36)20-27)34(41)24-40(30-15-9-14-29(37)22-30)46(43,44)32-18-16-31(45-3)17-19-32/h5-20,22,25,33H,4,21,23-24H2,1-3H3,(H,38,42). The van der Waals surface area contributed by atoms with Gasteiger partial charge in [-0.05, 0) is 79.1 Å². The normalized spacial score (nSPS) is 12.5. The number of halogens is 2. The van der Waals surface area contributed by atoms with E-state index in [-0.39, 0.29) is 35.5 Å². The number of nitrogens with one attached hydrogen (secondary N) is 1. The number of anilines is 1. The largest absolute Gasteiger partial charge is 0.497 e. The molecule has 8 nitrogen and oxygen atoms in total. The fourth-order valence-electron chi connectivity index (χ4n) is 4.86. The van der Waals surface area contributed by atoms with Crippen LogP contribution in [0.2, 0.25) is 5.02 Å². The first kappa shape index (κ1) is 35.0. The number of rotatable bonds is 14. The van der Waals surface area contributed by atoms with Gasteiger partial charge in [0.2, 0.25) is 11.8 Å². The van der Waals surface area contributed by atoms with Crippen molar-refractivity contribution >= 4 is 55.1 Å². The molecule has 2 unspecified atom stereocenters. The summed E-state index contributed by atoms with van der Waals surface area (Å²) in [5, 5.41) is 3.34. The van der Waals surface area contributed by atoms with Crippen LogP contribution in [0.3, 0.4) is 0 Å². The maximum absolute atomic E-state index is 14.5. The van der Waals surface area contributed by atoms with Crippen LogP contribution in [0, 0.1) is 0 Å². The molecular formula is C35H37BrClN3O5S. The highest BCUT2D eigenvalue weighted by atomic mass is 79.9. The molecule has 2 amide bonds. The van der Waals surface area contributed by atoms with E-state index in [4.69, 9.17) is 16.3 Å². The smallest absolute Gasteiger partial charge is 0.264 e. The average Bonchev–Trinajstić information content (AvgIpc) is 3.05. The van der Waals surface area contributed by atoms with Crippen molar-refractivity contribution < 1.29 is 22.7 Å². The Bertz CT molecular complexity index is 1740. The number of nitrogens with zero attached hydrogens (tertiary/aromatic N) is 2. The van der Waals surface area contributed by atoms with Gasteiger partial charge >= 0.3 is 0 Å². The van der Waals surface area contributed by atoms with Gasteiger partial charge in [0.05, 0.1) is 17.7 Å². The molecular weight excluding hydrogens is 690 g/mol. The molecule has 4 rings (SSSR count). The Morgan fingerprint density at radius 3 is 2.22 bits per heavy atom. The van der Waals surface area contributed by atoms with Gasteiger partial charge in [-0.2, -0.15) is 0 Å². The van der Waals surface area contributed by atoms with Gasteiger partial charge in [0, 0.05) is 28.5 Å². The average molecular weight is 727 g/mol. The molecule has 0 bridgehead atoms. The summed E-state index contributed by atoms with van der Waals surface area (Å²) in [5.41, 5.74) is 1.84. The van der Waals surface area contributed by atoms with Crippen molar-refractivity contribution in [2.24, 2.45) is 0 Å². The fourth-order valence-corrected chi connectivity index (χ4v) is 6.90. The highest BCUT2D eigenvalue weighted by Crippen LogP contribution is 2.28. The van der Waals surface area contributed by atoms with Crippen molar-refractivity contribution in [1.82, 2.24) is 10.2 Å². The van der Waals surface area contributed by atoms with Crippen LogP contribution >= 0.6 is 27.5 Å². The zero-order chi connectivity index (χ0) is 33.3. The van der Waals surface area contributed by atoms with Crippen molar-refractivity contribution in [2.75, 3.05) is 18.0 Å². The van der Waals surface area contributed by atoms with Crippen molar-refractivity contribution in [3.8, 4) is 5.75 Å². The molecule has 242 valence electrons. The van der Waals surface area contributed by atoms with Gasteiger partial charge in [-0.1, -0.05) is 83.0 Å². The minimum Gasteiger partial charge on any atom is -0.497 e. The van der Waals surface area contributed by atoms with E-state index in [9.17, 15) is 18.0 Å². The molecule has 0 spiro atoms. The van der Waals surface area contributed by atoms with Gasteiger partial charge in [0.1, 0.15) is 18.3 Å². The summed E-state index contributed by atoms with van der Waals surface area (Å²) in [6.07, 6.45) is 0.928. The van der Waals surface area contributed by atoms with Crippen molar-refractivity contribution in [2.45, 2.75) is 50.2 Å². The first-order chi connectivity index (χ1) is 22.0. The summed E-state index contributed by atoms with van der Waals surface area (Å²) in [7, 11) is -2.78. The Morgan fingerprint density at radius 2 is 1.59 bits per heavy atom. The lowest BCUT2D eigenvalue weighted by atomic mass is 10.0. The number of benzene rings is 4. The molecule has 0 saturated carbocycles. The minimum atomic E-state index is -4.27. The topological polar surface area (TPSA) is 96.0 Å². The predicted molar refractivity (Wildman–Crippen MR) is 185 cm³/mol. The molecule has 0 aliphatic carbocycles. The van der Waals surface area contributed by atoms with Gasteiger partial charge < -0.3 is 15.0 Å². The van der Waals surface area contributed by atoms with Crippen molar-refractivity contribution in [3.63, 3.8) is 0 Å². The molecule has 0 aromatic heterocycles. The highest BCUT2D eigenvalue weighted by molar-refractivity contribution is 9.10. The minimum absolute atomic E-state index is 0.0324. The quantitative estimate of drug-likeness (QED) is 0.153. The highest BCUT2D eigenvalue weighted by Gasteiger charge is 2.35. The summed E-state index contributed by atoms with van der Waals surface area (Å²) >= 11 is 9.80. The Hall–Kier alpha value is -3.86. The summed E-state index contributed by atoms with van der Waals surface area (Å²) in [4.78, 5) is 29.9. The molecule has 0 saturated heterocycles. The van der Waals surface area contributed by atoms with Crippen LogP contribution in [0.15, 0.2) is 112 Å². The molecule has 4 aromatic carbocycles. The summed E-state index contributed by atoms with van der Waals surface area (Å²) in [5.74, 6) is -0.397. The van der Waals surface area contributed by atoms with Crippen LogP contribution in [0.4, 0.5) is 5.69 Å². The number of ether oxygens (including phenoxy) is 1. The lowest BCUT2D eigenvalue weighted by Gasteiger charge is -2.34. The third-order valence-corrected chi connectivity index (χ3v) is 10.1. The maximum atomic E-state index is 14.5. The van der Waals surface area contributed by atoms with Crippen molar-refractivity contribution in [1.29, 1.82) is 0 Å². The molecule has 0 fully saturated rings. The Morgan fingerprint density at radius 1 is 0.913 bits per heavy atom. The molecule has 1 N–H and O–H groups in total. The predicted octanol–water partition coefficient (Wildman–Crippen LogP) is 6.86. The molecule has 11 heteroatoms. The van der Waals surface area contributed by atoms with E-state index < -0.39 is 28.5 Å². The lowest BCUT2D eigenvalue weighted by molar-refractivity contribution is -0.140. The second-order valence-electron chi connectivity index (χ2n) is 10.8. The number of amides is 2. The van der Waals surface area contributed by atoms with Crippen LogP contribution in [-0.2, 0) is 32.6 Å². The monoisotopic (exact) mass is 725 g/mol. The molecule has 2 atom stereocenters. The number of hydrogen-bond donors (Lipinski definition) is 1. The van der Waals surface area contributed by atoms with E-state index in [1.807, 2.05) is 68.4 Å². The van der Waals surface area contributed by atoms with Gasteiger partial charge in [-0.15, -0.1) is 0 Å². The Kier molecular flexibility index (Phi) is 12.3. The van der Waals surface area contributed by atoms with Gasteiger partial charge in [0.25, 0.3) is 10.0 Å². The van der Waals surface area contributed by atoms with Gasteiger partial charge in [-0.3, -0.25) is 13.9 Å². The molecule has 46 heavy (non-hydrogen) atoms. The third-order valence-electron chi connectivity index (χ3n) is 7.54. The van der Waals surface area contributed by atoms with Crippen LogP contribution in [0.25, 0.3) is 0 Å². The molecule has 0 aliphatic heterocycles. The number of carbonyl (C=O) groups excluding carboxylic acids is 2. The molecule has 0 aliphatic rings. The van der Waals surface area contributed by atoms with E-state index in [1.54, 1.807) is 30.3 Å². The van der Waals surface area contributed by atoms with Crippen LogP contribution < -0.4 is 14.4 Å². The zero-order valence-corrected chi connectivity index (χ0v) is 29.1. The van der Waals surface area contributed by atoms with E-state index >= 15 is 0 Å². The van der Waals surface area contributed by atoms with E-state index in [0.717, 1.165) is 19.9 Å². The Labute approximate surface area is 284 Å². The summed E-state index contributed by atoms with van der Waals surface area (Å²) < 4.78 is 35.4. The van der Waals surface area contributed by atoms with E-state index in [2.05, 4.69) is 21.2 Å². The second-order valence-corrected chi connectivity index (χ2v) is 14.1. The number of sulfonamides is 1. The number of hydrogen-bond acceptors (Lipinski definition) is 5. The summed E-state index contributed by atoms with van der Waals surface area (Å²) in [6.45, 7) is 3.36. The third kappa shape index (κ3) is 9.11. The van der Waals surface area contributed by atoms with Gasteiger partial charge in [0.15, 0.2) is 0 Å². The Balaban J connectivity index is 1.81. The van der Waals surface area contributed by atoms with E-state index in [0.29, 0.717) is 17.2 Å². The van der Waals surface area contributed by atoms with E-state index in [1.165, 1.54) is 30.2 Å². The number of carbonyl (C=O) groups is 2. The maximum Gasteiger partial charge on any atom is 0.264 e. The first-order valence-electron chi connectivity index (χ1n) is 14.8. The SMILES string of the molecule is CCC(C)NC(=O)C(Cc1ccccc1)N(Cc1cccc(Br)c1)C(=O)CN(c1cccc(Cl)c1)S(=O)(=O)c1ccc(OC)cc1. The van der Waals surface area contributed by atoms with Crippen molar-refractivity contribution in [3.05, 3.63) is 124 Å². The zero-order valence-electron chi connectivity index (χ0n) is 25.9. The summed E-state index contributed by atoms with van der Waals surface area (Å²) in [6, 6.07) is 28.1. The van der Waals surface area contributed by atoms with Gasteiger partial charge in [-0.25, -0.2) is 8.42 Å². The molecule has 4 aromatic rings. The molecule has 0 heterocycles. The van der Waals surface area contributed by atoms with Crippen LogP contribution in [-0.4, -0.2) is 50.9 Å². The first-order valence-corrected chi connectivity index (χ1v) is 17.4. The van der Waals surface area contributed by atoms with Crippen LogP contribution in [0.5, 0.6) is 5.75 Å². The second kappa shape index (κ2) is 16.1. The lowest BCUT2D eigenvalue weighted by Crippen LogP contribution is -2.54. The molecule has 0 radical (unpaired) electrons.